The van der Waals surface area contributed by atoms with Gasteiger partial charge in [-0.25, -0.2) is 4.90 Å². The second-order valence-electron chi connectivity index (χ2n) is 5.97. The third-order valence-corrected chi connectivity index (χ3v) is 3.49. The van der Waals surface area contributed by atoms with Crippen LogP contribution in [0.5, 0.6) is 5.75 Å². The first-order valence-electron chi connectivity index (χ1n) is 7.86. The van der Waals surface area contributed by atoms with Crippen LogP contribution in [0.1, 0.15) is 33.6 Å². The third kappa shape index (κ3) is 3.85. The minimum absolute atomic E-state index is 0.159. The Balaban J connectivity index is 2.05. The van der Waals surface area contributed by atoms with Crippen molar-refractivity contribution < 1.29 is 14.3 Å². The van der Waals surface area contributed by atoms with Crippen LogP contribution in [0.15, 0.2) is 24.3 Å². The van der Waals surface area contributed by atoms with Crippen molar-refractivity contribution in [3.05, 3.63) is 24.3 Å². The van der Waals surface area contributed by atoms with E-state index in [9.17, 15) is 9.59 Å². The molecule has 0 radical (unpaired) electrons. The van der Waals surface area contributed by atoms with Gasteiger partial charge in [-0.2, -0.15) is 0 Å². The third-order valence-electron chi connectivity index (χ3n) is 3.49. The minimum atomic E-state index is -0.411. The Hall–Kier alpha value is -1.88. The Morgan fingerprint density at radius 3 is 2.55 bits per heavy atom. The fourth-order valence-corrected chi connectivity index (χ4v) is 2.35. The Morgan fingerprint density at radius 1 is 1.27 bits per heavy atom. The van der Waals surface area contributed by atoms with Crippen molar-refractivity contribution in [1.29, 1.82) is 0 Å². The maximum absolute atomic E-state index is 12.4. The monoisotopic (exact) mass is 304 g/mol. The van der Waals surface area contributed by atoms with Crippen molar-refractivity contribution in [1.82, 2.24) is 5.32 Å². The molecule has 1 N–H and O–H groups in total. The summed E-state index contributed by atoms with van der Waals surface area (Å²) in [4.78, 5) is 25.8. The molecule has 5 nitrogen and oxygen atoms in total. The largest absolute Gasteiger partial charge is 0.494 e. The van der Waals surface area contributed by atoms with Gasteiger partial charge in [-0.05, 0) is 43.1 Å². The highest BCUT2D eigenvalue weighted by Crippen LogP contribution is 2.25. The number of ether oxygens (including phenoxy) is 1. The molecule has 0 aliphatic carbocycles. The van der Waals surface area contributed by atoms with E-state index in [1.54, 1.807) is 24.3 Å². The van der Waals surface area contributed by atoms with Crippen LogP contribution >= 0.6 is 0 Å². The number of hydrogen-bond acceptors (Lipinski definition) is 4. The first-order chi connectivity index (χ1) is 10.5. The molecule has 1 saturated heterocycles. The van der Waals surface area contributed by atoms with Crippen LogP contribution in [0.25, 0.3) is 0 Å². The van der Waals surface area contributed by atoms with Gasteiger partial charge < -0.3 is 10.1 Å². The van der Waals surface area contributed by atoms with Crippen LogP contribution in [-0.4, -0.2) is 31.0 Å². The normalized spacial score (nSPS) is 18.4. The molecule has 2 amide bonds. The first kappa shape index (κ1) is 16.5. The van der Waals surface area contributed by atoms with Crippen LogP contribution in [-0.2, 0) is 9.59 Å². The van der Waals surface area contributed by atoms with Crippen molar-refractivity contribution >= 4 is 17.5 Å². The van der Waals surface area contributed by atoms with Crippen LogP contribution in [0.2, 0.25) is 0 Å². The van der Waals surface area contributed by atoms with E-state index in [0.717, 1.165) is 18.7 Å². The highest BCUT2D eigenvalue weighted by Gasteiger charge is 2.39. The van der Waals surface area contributed by atoms with Crippen molar-refractivity contribution in [2.75, 3.05) is 18.1 Å². The molecule has 1 heterocycles. The lowest BCUT2D eigenvalue weighted by atomic mass is 10.2. The summed E-state index contributed by atoms with van der Waals surface area (Å²) in [5.74, 6) is 0.854. The molecule has 0 aromatic heterocycles. The molecular weight excluding hydrogens is 280 g/mol. The Kier molecular flexibility index (Phi) is 5.55. The molecule has 120 valence electrons. The highest BCUT2D eigenvalue weighted by atomic mass is 16.5. The molecule has 0 saturated carbocycles. The molecular formula is C17H24N2O3. The fraction of sp³-hybridized carbons (Fsp3) is 0.529. The van der Waals surface area contributed by atoms with Crippen LogP contribution in [0.3, 0.4) is 0 Å². The zero-order valence-electron chi connectivity index (χ0n) is 13.5. The zero-order chi connectivity index (χ0) is 16.1. The van der Waals surface area contributed by atoms with Gasteiger partial charge >= 0.3 is 0 Å². The summed E-state index contributed by atoms with van der Waals surface area (Å²) in [5, 5.41) is 3.16. The van der Waals surface area contributed by atoms with Crippen molar-refractivity contribution in [2.45, 2.75) is 39.7 Å². The minimum Gasteiger partial charge on any atom is -0.494 e. The first-order valence-corrected chi connectivity index (χ1v) is 7.86. The molecule has 22 heavy (non-hydrogen) atoms. The van der Waals surface area contributed by atoms with Crippen molar-refractivity contribution in [3.8, 4) is 5.75 Å². The van der Waals surface area contributed by atoms with Gasteiger partial charge in [0, 0.05) is 0 Å². The number of carbonyl (C=O) groups is 2. The van der Waals surface area contributed by atoms with Gasteiger partial charge in [0.15, 0.2) is 0 Å². The molecule has 0 spiro atoms. The highest BCUT2D eigenvalue weighted by molar-refractivity contribution is 6.22. The molecule has 1 fully saturated rings. The molecule has 1 aliphatic rings. The number of imide groups is 1. The Labute approximate surface area is 131 Å². The molecule has 1 aliphatic heterocycles. The average Bonchev–Trinajstić information content (AvgIpc) is 2.78. The van der Waals surface area contributed by atoms with Crippen molar-refractivity contribution in [3.63, 3.8) is 0 Å². The maximum Gasteiger partial charge on any atom is 0.251 e. The van der Waals surface area contributed by atoms with Gasteiger partial charge in [-0.1, -0.05) is 20.8 Å². The molecule has 5 heteroatoms. The lowest BCUT2D eigenvalue weighted by Crippen LogP contribution is -2.40. The second kappa shape index (κ2) is 7.40. The molecule has 1 atom stereocenters. The maximum atomic E-state index is 12.4. The van der Waals surface area contributed by atoms with E-state index in [2.05, 4.69) is 19.2 Å². The van der Waals surface area contributed by atoms with Gasteiger partial charge in [-0.15, -0.1) is 0 Å². The van der Waals surface area contributed by atoms with E-state index in [-0.39, 0.29) is 18.2 Å². The molecule has 0 unspecified atom stereocenters. The predicted molar refractivity (Wildman–Crippen MR) is 86.0 cm³/mol. The van der Waals surface area contributed by atoms with Gasteiger partial charge in [0.25, 0.3) is 5.91 Å². The van der Waals surface area contributed by atoms with E-state index >= 15 is 0 Å². The van der Waals surface area contributed by atoms with E-state index in [0.29, 0.717) is 18.2 Å². The number of anilines is 1. The summed E-state index contributed by atoms with van der Waals surface area (Å²) in [6.45, 7) is 7.56. The molecule has 1 aromatic rings. The second-order valence-corrected chi connectivity index (χ2v) is 5.97. The van der Waals surface area contributed by atoms with E-state index in [1.807, 2.05) is 6.92 Å². The Morgan fingerprint density at radius 2 is 1.95 bits per heavy atom. The van der Waals surface area contributed by atoms with Gasteiger partial charge in [-0.3, -0.25) is 9.59 Å². The lowest BCUT2D eigenvalue weighted by Gasteiger charge is -2.16. The zero-order valence-corrected chi connectivity index (χ0v) is 13.5. The predicted octanol–water partition coefficient (Wildman–Crippen LogP) is 2.35. The Bertz CT molecular complexity index is 525. The number of carbonyl (C=O) groups excluding carboxylic acids is 2. The lowest BCUT2D eigenvalue weighted by molar-refractivity contribution is -0.121. The SMILES string of the molecule is CCCOc1ccc(N2C(=O)C[C@@H](NCC(C)C)C2=O)cc1. The number of hydrogen-bond donors (Lipinski definition) is 1. The number of amides is 2. The summed E-state index contributed by atoms with van der Waals surface area (Å²) >= 11 is 0. The quantitative estimate of drug-likeness (QED) is 0.786. The summed E-state index contributed by atoms with van der Waals surface area (Å²) in [7, 11) is 0. The van der Waals surface area contributed by atoms with Crippen LogP contribution in [0.4, 0.5) is 5.69 Å². The van der Waals surface area contributed by atoms with Crippen LogP contribution < -0.4 is 15.0 Å². The standard InChI is InChI=1S/C17H24N2O3/c1-4-9-22-14-7-5-13(6-8-14)19-16(20)10-15(17(19)21)18-11-12(2)3/h5-8,12,15,18H,4,9-11H2,1-3H3/t15-/m1/s1. The van der Waals surface area contributed by atoms with Gasteiger partial charge in [0.2, 0.25) is 5.91 Å². The summed E-state index contributed by atoms with van der Waals surface area (Å²) in [5.41, 5.74) is 0.604. The number of benzene rings is 1. The molecule has 2 rings (SSSR count). The van der Waals surface area contributed by atoms with E-state index < -0.39 is 6.04 Å². The number of nitrogens with zero attached hydrogens (tertiary/aromatic N) is 1. The summed E-state index contributed by atoms with van der Waals surface area (Å²) < 4.78 is 5.51. The smallest absolute Gasteiger partial charge is 0.251 e. The van der Waals surface area contributed by atoms with Crippen LogP contribution in [0, 0.1) is 5.92 Å². The van der Waals surface area contributed by atoms with E-state index in [1.165, 1.54) is 4.90 Å². The van der Waals surface area contributed by atoms with Gasteiger partial charge in [0.05, 0.1) is 24.8 Å². The van der Waals surface area contributed by atoms with Gasteiger partial charge in [0.1, 0.15) is 5.75 Å². The summed E-state index contributed by atoms with van der Waals surface area (Å²) in [6.07, 6.45) is 1.16. The summed E-state index contributed by atoms with van der Waals surface area (Å²) in [6, 6.07) is 6.68. The number of nitrogens with one attached hydrogen (secondary N) is 1. The number of rotatable bonds is 7. The molecule has 0 bridgehead atoms. The molecule has 1 aromatic carbocycles. The van der Waals surface area contributed by atoms with E-state index in [4.69, 9.17) is 4.74 Å². The van der Waals surface area contributed by atoms with Crippen molar-refractivity contribution in [2.24, 2.45) is 5.92 Å². The topological polar surface area (TPSA) is 58.6 Å². The average molecular weight is 304 g/mol. The fourth-order valence-electron chi connectivity index (χ4n) is 2.35.